The molecular weight excluding hydrogens is 334 g/mol. The summed E-state index contributed by atoms with van der Waals surface area (Å²) in [5.74, 6) is 2.20. The number of phenolic OH excluding ortho intramolecular Hbond substituents is 1. The van der Waals surface area contributed by atoms with E-state index in [1.807, 2.05) is 36.5 Å². The predicted molar refractivity (Wildman–Crippen MR) is 106 cm³/mol. The molecular formula is C24H29NO2. The number of hydrogen-bond donors (Lipinski definition) is 2. The Morgan fingerprint density at radius 3 is 2.81 bits per heavy atom. The summed E-state index contributed by atoms with van der Waals surface area (Å²) in [6, 6.07) is 12.0. The number of benzene rings is 1. The molecule has 1 heterocycles. The smallest absolute Gasteiger partial charge is 0.115 e. The summed E-state index contributed by atoms with van der Waals surface area (Å²) in [7, 11) is 0. The number of aromatic nitrogens is 1. The summed E-state index contributed by atoms with van der Waals surface area (Å²) in [5, 5.41) is 21.6. The van der Waals surface area contributed by atoms with E-state index in [9.17, 15) is 10.2 Å². The van der Waals surface area contributed by atoms with E-state index >= 15 is 0 Å². The Morgan fingerprint density at radius 2 is 2.00 bits per heavy atom. The van der Waals surface area contributed by atoms with Crippen molar-refractivity contribution in [1.82, 2.24) is 4.98 Å². The summed E-state index contributed by atoms with van der Waals surface area (Å²) in [6.45, 7) is 2.34. The van der Waals surface area contributed by atoms with Crippen LogP contribution in [-0.4, -0.2) is 20.8 Å². The van der Waals surface area contributed by atoms with Gasteiger partial charge >= 0.3 is 0 Å². The quantitative estimate of drug-likeness (QED) is 0.819. The van der Waals surface area contributed by atoms with E-state index < -0.39 is 5.60 Å². The van der Waals surface area contributed by atoms with Crippen LogP contribution in [0, 0.1) is 17.3 Å². The highest BCUT2D eigenvalue weighted by Crippen LogP contribution is 2.64. The van der Waals surface area contributed by atoms with Crippen molar-refractivity contribution in [1.29, 1.82) is 0 Å². The van der Waals surface area contributed by atoms with E-state index in [0.29, 0.717) is 29.9 Å². The van der Waals surface area contributed by atoms with Crippen molar-refractivity contribution >= 4 is 0 Å². The maximum atomic E-state index is 11.7. The average Bonchev–Trinajstić information content (AvgIpc) is 2.93. The first-order chi connectivity index (χ1) is 13.0. The van der Waals surface area contributed by atoms with Crippen molar-refractivity contribution in [2.45, 2.75) is 63.4 Å². The fraction of sp³-hybridized carbons (Fsp3) is 0.542. The first kappa shape index (κ1) is 17.2. The molecule has 0 spiro atoms. The first-order valence-corrected chi connectivity index (χ1v) is 10.4. The standard InChI is InChI=1S/C24H29NO2/c1-23-11-9-20-19-8-6-18(26)14-16(19)5-7-21(20)22(23)10-12-24(23,27)15-17-4-2-3-13-25-17/h2-4,6,8,13-14,20-22,26-27H,5,7,9-12,15H2,1H3. The number of fused-ring (bicyclic) bond motifs is 5. The molecule has 5 rings (SSSR count). The lowest BCUT2D eigenvalue weighted by Gasteiger charge is -2.53. The minimum absolute atomic E-state index is 0.0277. The second-order valence-electron chi connectivity index (χ2n) is 9.32. The Bertz CT molecular complexity index is 851. The number of rotatable bonds is 2. The number of nitrogens with zero attached hydrogens (tertiary/aromatic N) is 1. The Hall–Kier alpha value is -1.87. The number of aromatic hydroxyl groups is 1. The van der Waals surface area contributed by atoms with Crippen LogP contribution in [0.4, 0.5) is 0 Å². The topological polar surface area (TPSA) is 53.4 Å². The molecule has 27 heavy (non-hydrogen) atoms. The molecule has 5 unspecified atom stereocenters. The van der Waals surface area contributed by atoms with Gasteiger partial charge in [-0.1, -0.05) is 19.1 Å². The minimum Gasteiger partial charge on any atom is -0.508 e. The van der Waals surface area contributed by atoms with Crippen molar-refractivity contribution in [2.75, 3.05) is 0 Å². The van der Waals surface area contributed by atoms with Crippen LogP contribution >= 0.6 is 0 Å². The van der Waals surface area contributed by atoms with Crippen LogP contribution in [0.5, 0.6) is 5.75 Å². The molecule has 0 radical (unpaired) electrons. The van der Waals surface area contributed by atoms with Crippen molar-refractivity contribution in [3.63, 3.8) is 0 Å². The van der Waals surface area contributed by atoms with Gasteiger partial charge in [-0.25, -0.2) is 0 Å². The molecule has 3 aliphatic rings. The van der Waals surface area contributed by atoms with Gasteiger partial charge < -0.3 is 10.2 Å². The van der Waals surface area contributed by atoms with Gasteiger partial charge in [0, 0.05) is 18.3 Å². The molecule has 3 nitrogen and oxygen atoms in total. The van der Waals surface area contributed by atoms with Crippen LogP contribution in [0.15, 0.2) is 42.6 Å². The molecule has 0 saturated heterocycles. The third-order valence-electron chi connectivity index (χ3n) is 8.23. The van der Waals surface area contributed by atoms with Gasteiger partial charge in [-0.05, 0) is 97.1 Å². The molecule has 0 amide bonds. The molecule has 2 aromatic rings. The minimum atomic E-state index is -0.647. The van der Waals surface area contributed by atoms with Crippen molar-refractivity contribution in [3.05, 3.63) is 59.4 Å². The zero-order valence-corrected chi connectivity index (χ0v) is 16.1. The third kappa shape index (κ3) is 2.55. The van der Waals surface area contributed by atoms with Gasteiger partial charge in [-0.3, -0.25) is 4.98 Å². The van der Waals surface area contributed by atoms with Crippen LogP contribution in [0.25, 0.3) is 0 Å². The van der Waals surface area contributed by atoms with Gasteiger partial charge in [0.15, 0.2) is 0 Å². The highest BCUT2D eigenvalue weighted by atomic mass is 16.3. The van der Waals surface area contributed by atoms with Gasteiger partial charge in [0.2, 0.25) is 0 Å². The van der Waals surface area contributed by atoms with E-state index in [0.717, 1.165) is 37.8 Å². The van der Waals surface area contributed by atoms with Crippen LogP contribution in [-0.2, 0) is 12.8 Å². The van der Waals surface area contributed by atoms with E-state index in [2.05, 4.69) is 18.0 Å². The summed E-state index contributed by atoms with van der Waals surface area (Å²) in [4.78, 5) is 4.49. The number of aryl methyl sites for hydroxylation is 1. The highest BCUT2D eigenvalue weighted by molar-refractivity contribution is 5.40. The lowest BCUT2D eigenvalue weighted by Crippen LogP contribution is -2.52. The Balaban J connectivity index is 1.45. The second kappa shape index (κ2) is 6.07. The molecule has 2 N–H and O–H groups in total. The van der Waals surface area contributed by atoms with Gasteiger partial charge in [0.05, 0.1) is 5.60 Å². The number of pyridine rings is 1. The molecule has 142 valence electrons. The van der Waals surface area contributed by atoms with E-state index in [1.54, 1.807) is 0 Å². The first-order valence-electron chi connectivity index (χ1n) is 10.4. The van der Waals surface area contributed by atoms with Crippen LogP contribution in [0.1, 0.15) is 61.8 Å². The lowest BCUT2D eigenvalue weighted by atomic mass is 9.53. The molecule has 0 bridgehead atoms. The Morgan fingerprint density at radius 1 is 1.11 bits per heavy atom. The largest absolute Gasteiger partial charge is 0.508 e. The maximum Gasteiger partial charge on any atom is 0.115 e. The highest BCUT2D eigenvalue weighted by Gasteiger charge is 2.61. The summed E-state index contributed by atoms with van der Waals surface area (Å²) in [5.41, 5.74) is 3.12. The Labute approximate surface area is 161 Å². The molecule has 2 fully saturated rings. The zero-order chi connectivity index (χ0) is 18.6. The van der Waals surface area contributed by atoms with Crippen LogP contribution in [0.3, 0.4) is 0 Å². The molecule has 3 heteroatoms. The molecule has 1 aromatic carbocycles. The molecule has 5 atom stereocenters. The second-order valence-corrected chi connectivity index (χ2v) is 9.32. The number of hydrogen-bond acceptors (Lipinski definition) is 3. The van der Waals surface area contributed by atoms with Gasteiger partial charge in [-0.15, -0.1) is 0 Å². The van der Waals surface area contributed by atoms with E-state index in [-0.39, 0.29) is 5.41 Å². The molecule has 0 aliphatic heterocycles. The molecule has 3 aliphatic carbocycles. The van der Waals surface area contributed by atoms with Crippen molar-refractivity contribution in [3.8, 4) is 5.75 Å². The summed E-state index contributed by atoms with van der Waals surface area (Å²) < 4.78 is 0. The SMILES string of the molecule is CC12CCC3c4ccc(O)cc4CCC3C1CCC2(O)Cc1ccccn1. The van der Waals surface area contributed by atoms with Crippen LogP contribution in [0.2, 0.25) is 0 Å². The van der Waals surface area contributed by atoms with Crippen LogP contribution < -0.4 is 0 Å². The summed E-state index contributed by atoms with van der Waals surface area (Å²) in [6.07, 6.45) is 8.95. The van der Waals surface area contributed by atoms with Crippen molar-refractivity contribution < 1.29 is 10.2 Å². The summed E-state index contributed by atoms with van der Waals surface area (Å²) >= 11 is 0. The third-order valence-corrected chi connectivity index (χ3v) is 8.23. The molecule has 1 aromatic heterocycles. The normalized spacial score (nSPS) is 37.3. The van der Waals surface area contributed by atoms with E-state index in [1.165, 1.54) is 17.5 Å². The van der Waals surface area contributed by atoms with Crippen molar-refractivity contribution in [2.24, 2.45) is 17.3 Å². The van der Waals surface area contributed by atoms with Gasteiger partial charge in [0.25, 0.3) is 0 Å². The molecule has 2 saturated carbocycles. The number of aliphatic hydroxyl groups is 1. The van der Waals surface area contributed by atoms with Gasteiger partial charge in [0.1, 0.15) is 5.75 Å². The Kier molecular flexibility index (Phi) is 3.87. The fourth-order valence-corrected chi connectivity index (χ4v) is 6.77. The zero-order valence-electron chi connectivity index (χ0n) is 16.1. The maximum absolute atomic E-state index is 11.7. The lowest BCUT2D eigenvalue weighted by molar-refractivity contribution is -0.102. The van der Waals surface area contributed by atoms with E-state index in [4.69, 9.17) is 0 Å². The predicted octanol–water partition coefficient (Wildman–Crippen LogP) is 4.62. The van der Waals surface area contributed by atoms with Gasteiger partial charge in [-0.2, -0.15) is 0 Å². The fourth-order valence-electron chi connectivity index (χ4n) is 6.77. The number of phenols is 1. The monoisotopic (exact) mass is 363 g/mol. The average molecular weight is 364 g/mol.